The average molecular weight is 439 g/mol. The molecule has 2 aliphatic heterocycles. The summed E-state index contributed by atoms with van der Waals surface area (Å²) in [5, 5.41) is 13.8. The molecule has 0 saturated carbocycles. The van der Waals surface area contributed by atoms with E-state index in [4.69, 9.17) is 4.74 Å². The summed E-state index contributed by atoms with van der Waals surface area (Å²) in [6.45, 7) is 2.74. The second-order valence-corrected chi connectivity index (χ2v) is 7.80. The van der Waals surface area contributed by atoms with Gasteiger partial charge in [-0.05, 0) is 24.3 Å². The van der Waals surface area contributed by atoms with Crippen molar-refractivity contribution in [1.82, 2.24) is 10.2 Å². The van der Waals surface area contributed by atoms with Crippen molar-refractivity contribution in [2.24, 2.45) is 0 Å². The lowest BCUT2D eigenvalue weighted by molar-refractivity contribution is -0.384. The first-order valence-corrected chi connectivity index (χ1v) is 10.4. The second kappa shape index (κ2) is 9.13. The van der Waals surface area contributed by atoms with Gasteiger partial charge in [-0.3, -0.25) is 14.9 Å². The summed E-state index contributed by atoms with van der Waals surface area (Å²) in [4.78, 5) is 41.1. The lowest BCUT2D eigenvalue weighted by Crippen LogP contribution is -2.53. The standard InChI is InChI=1S/C22H25N5O5/c1-32-20-4-2-3-19(14-20)26-15-16(13-21(26)28)23-22(29)25-11-9-24(10-12-25)17-5-7-18(8-6-17)27(30)31/h2-8,14,16H,9-13,15H2,1H3,(H,23,29)/t16-/m1/s1. The number of nitro groups is 1. The van der Waals surface area contributed by atoms with E-state index >= 15 is 0 Å². The fourth-order valence-corrected chi connectivity index (χ4v) is 4.05. The summed E-state index contributed by atoms with van der Waals surface area (Å²) in [5.41, 5.74) is 1.70. The van der Waals surface area contributed by atoms with Crippen LogP contribution in [0.15, 0.2) is 48.5 Å². The normalized spacial score (nSPS) is 18.6. The minimum Gasteiger partial charge on any atom is -0.497 e. The van der Waals surface area contributed by atoms with Gasteiger partial charge in [0.15, 0.2) is 0 Å². The summed E-state index contributed by atoms with van der Waals surface area (Å²) in [6.07, 6.45) is 0.256. The van der Waals surface area contributed by atoms with Crippen molar-refractivity contribution >= 4 is 29.0 Å². The molecule has 3 amide bonds. The third kappa shape index (κ3) is 4.58. The van der Waals surface area contributed by atoms with E-state index in [-0.39, 0.29) is 30.1 Å². The molecule has 2 aromatic carbocycles. The van der Waals surface area contributed by atoms with Crippen LogP contribution < -0.4 is 19.9 Å². The van der Waals surface area contributed by atoms with Crippen molar-refractivity contribution in [1.29, 1.82) is 0 Å². The summed E-state index contributed by atoms with van der Waals surface area (Å²) in [5.74, 6) is 0.639. The van der Waals surface area contributed by atoms with Gasteiger partial charge in [0, 0.05) is 68.7 Å². The Labute approximate surface area is 185 Å². The number of ether oxygens (including phenoxy) is 1. The van der Waals surface area contributed by atoms with E-state index in [9.17, 15) is 19.7 Å². The number of methoxy groups -OCH3 is 1. The van der Waals surface area contributed by atoms with E-state index < -0.39 is 4.92 Å². The van der Waals surface area contributed by atoms with E-state index in [1.165, 1.54) is 12.1 Å². The van der Waals surface area contributed by atoms with Gasteiger partial charge in [0.05, 0.1) is 18.1 Å². The number of hydrogen-bond donors (Lipinski definition) is 1. The molecule has 10 heteroatoms. The summed E-state index contributed by atoms with van der Waals surface area (Å²) >= 11 is 0. The summed E-state index contributed by atoms with van der Waals surface area (Å²) in [6, 6.07) is 13.3. The number of nitrogens with zero attached hydrogens (tertiary/aromatic N) is 4. The Balaban J connectivity index is 1.29. The van der Waals surface area contributed by atoms with Crippen molar-refractivity contribution < 1.29 is 19.2 Å². The number of piperazine rings is 1. The number of nitrogens with one attached hydrogen (secondary N) is 1. The number of amides is 3. The van der Waals surface area contributed by atoms with Crippen LogP contribution in [-0.2, 0) is 4.79 Å². The Hall–Kier alpha value is -3.82. The first-order chi connectivity index (χ1) is 15.4. The first-order valence-electron chi connectivity index (χ1n) is 10.4. The lowest BCUT2D eigenvalue weighted by Gasteiger charge is -2.36. The largest absolute Gasteiger partial charge is 0.497 e. The SMILES string of the molecule is COc1cccc(N2C[C@H](NC(=O)N3CCN(c4ccc([N+](=O)[O-])cc4)CC3)CC2=O)c1. The van der Waals surface area contributed by atoms with E-state index in [1.54, 1.807) is 35.1 Å². The highest BCUT2D eigenvalue weighted by atomic mass is 16.6. The van der Waals surface area contributed by atoms with Gasteiger partial charge in [-0.1, -0.05) is 6.07 Å². The minimum atomic E-state index is -0.421. The third-order valence-corrected chi connectivity index (χ3v) is 5.81. The molecule has 168 valence electrons. The topological polar surface area (TPSA) is 108 Å². The molecule has 2 aliphatic rings. The Morgan fingerprint density at radius 2 is 1.81 bits per heavy atom. The highest BCUT2D eigenvalue weighted by Crippen LogP contribution is 2.26. The van der Waals surface area contributed by atoms with Crippen molar-refractivity contribution in [3.63, 3.8) is 0 Å². The van der Waals surface area contributed by atoms with Gasteiger partial charge in [-0.25, -0.2) is 4.79 Å². The molecular weight excluding hydrogens is 414 g/mol. The zero-order valence-corrected chi connectivity index (χ0v) is 17.8. The highest BCUT2D eigenvalue weighted by Gasteiger charge is 2.33. The average Bonchev–Trinajstić information content (AvgIpc) is 3.19. The number of rotatable bonds is 5. The third-order valence-electron chi connectivity index (χ3n) is 5.81. The van der Waals surface area contributed by atoms with Gasteiger partial charge in [-0.2, -0.15) is 0 Å². The molecule has 0 spiro atoms. The predicted molar refractivity (Wildman–Crippen MR) is 119 cm³/mol. The van der Waals surface area contributed by atoms with E-state index in [0.29, 0.717) is 38.5 Å². The highest BCUT2D eigenvalue weighted by molar-refractivity contribution is 5.97. The molecule has 0 unspecified atom stereocenters. The van der Waals surface area contributed by atoms with E-state index in [1.807, 2.05) is 18.2 Å². The molecule has 2 heterocycles. The van der Waals surface area contributed by atoms with Crippen LogP contribution in [0.25, 0.3) is 0 Å². The maximum atomic E-state index is 12.7. The van der Waals surface area contributed by atoms with Crippen LogP contribution in [0.4, 0.5) is 21.9 Å². The number of carbonyl (C=O) groups is 2. The lowest BCUT2D eigenvalue weighted by atomic mass is 10.2. The fraction of sp³-hybridized carbons (Fsp3) is 0.364. The van der Waals surface area contributed by atoms with Crippen LogP contribution in [0.3, 0.4) is 0 Å². The molecular formula is C22H25N5O5. The molecule has 2 aromatic rings. The molecule has 4 rings (SSSR count). The van der Waals surface area contributed by atoms with Crippen molar-refractivity contribution in [2.45, 2.75) is 12.5 Å². The molecule has 2 saturated heterocycles. The van der Waals surface area contributed by atoms with Gasteiger partial charge in [0.2, 0.25) is 5.91 Å². The van der Waals surface area contributed by atoms with Crippen LogP contribution in [0.2, 0.25) is 0 Å². The van der Waals surface area contributed by atoms with Crippen molar-refractivity contribution in [3.05, 3.63) is 58.6 Å². The maximum Gasteiger partial charge on any atom is 0.317 e. The molecule has 0 aliphatic carbocycles. The number of anilines is 2. The number of hydrogen-bond acceptors (Lipinski definition) is 6. The molecule has 32 heavy (non-hydrogen) atoms. The molecule has 1 N–H and O–H groups in total. The fourth-order valence-electron chi connectivity index (χ4n) is 4.05. The second-order valence-electron chi connectivity index (χ2n) is 7.80. The van der Waals surface area contributed by atoms with Crippen molar-refractivity contribution in [3.8, 4) is 5.75 Å². The molecule has 0 radical (unpaired) electrons. The predicted octanol–water partition coefficient (Wildman–Crippen LogP) is 2.24. The first kappa shape index (κ1) is 21.4. The molecule has 0 aromatic heterocycles. The van der Waals surface area contributed by atoms with E-state index in [2.05, 4.69) is 10.2 Å². The van der Waals surface area contributed by atoms with Gasteiger partial charge in [-0.15, -0.1) is 0 Å². The Morgan fingerprint density at radius 1 is 1.09 bits per heavy atom. The smallest absolute Gasteiger partial charge is 0.317 e. The Bertz CT molecular complexity index is 1000. The number of urea groups is 1. The number of non-ortho nitro benzene ring substituents is 1. The molecule has 2 fully saturated rings. The van der Waals surface area contributed by atoms with Crippen LogP contribution in [0.1, 0.15) is 6.42 Å². The van der Waals surface area contributed by atoms with Crippen molar-refractivity contribution in [2.75, 3.05) is 49.6 Å². The molecule has 0 bridgehead atoms. The van der Waals surface area contributed by atoms with Crippen LogP contribution in [0.5, 0.6) is 5.75 Å². The Kier molecular flexibility index (Phi) is 6.11. The Morgan fingerprint density at radius 3 is 2.47 bits per heavy atom. The number of carbonyl (C=O) groups excluding carboxylic acids is 2. The molecule has 10 nitrogen and oxygen atoms in total. The van der Waals surface area contributed by atoms with Gasteiger partial charge < -0.3 is 24.8 Å². The van der Waals surface area contributed by atoms with Gasteiger partial charge >= 0.3 is 6.03 Å². The monoisotopic (exact) mass is 439 g/mol. The van der Waals surface area contributed by atoms with E-state index in [0.717, 1.165) is 11.4 Å². The zero-order chi connectivity index (χ0) is 22.7. The maximum absolute atomic E-state index is 12.7. The zero-order valence-electron chi connectivity index (χ0n) is 17.8. The van der Waals surface area contributed by atoms with Crippen LogP contribution in [0, 0.1) is 10.1 Å². The summed E-state index contributed by atoms with van der Waals surface area (Å²) in [7, 11) is 1.58. The van der Waals surface area contributed by atoms with Crippen LogP contribution in [-0.4, -0.2) is 67.6 Å². The minimum absolute atomic E-state index is 0.0356. The number of benzene rings is 2. The molecule has 1 atom stereocenters. The van der Waals surface area contributed by atoms with Gasteiger partial charge in [0.1, 0.15) is 5.75 Å². The summed E-state index contributed by atoms with van der Waals surface area (Å²) < 4.78 is 5.23. The van der Waals surface area contributed by atoms with Crippen LogP contribution >= 0.6 is 0 Å². The van der Waals surface area contributed by atoms with Gasteiger partial charge in [0.25, 0.3) is 5.69 Å². The quantitative estimate of drug-likeness (QED) is 0.565. The number of nitro benzene ring substituents is 1.